The number of allylic oxidation sites excluding steroid dienone is 7. The maximum atomic E-state index is 4.50. The SMILES string of the molecule is C=C(C)/C=C1/C=CC=CC1=NC(C)P. The van der Waals surface area contributed by atoms with Crippen LogP contribution in [0.2, 0.25) is 0 Å². The summed E-state index contributed by atoms with van der Waals surface area (Å²) in [5, 5.41) is 0. The molecule has 1 aliphatic carbocycles. The van der Waals surface area contributed by atoms with E-state index in [0.29, 0.717) is 0 Å². The summed E-state index contributed by atoms with van der Waals surface area (Å²) in [6.45, 7) is 7.90. The maximum absolute atomic E-state index is 4.50. The molecular formula is C12H16NP. The van der Waals surface area contributed by atoms with Gasteiger partial charge in [-0.2, -0.15) is 0 Å². The van der Waals surface area contributed by atoms with E-state index in [1.807, 2.05) is 38.2 Å². The molecule has 0 saturated carbocycles. The summed E-state index contributed by atoms with van der Waals surface area (Å²) in [5.41, 5.74) is 3.20. The molecule has 1 aliphatic rings. The fraction of sp³-hybridized carbons (Fsp3) is 0.250. The lowest BCUT2D eigenvalue weighted by molar-refractivity contribution is 1.05. The Morgan fingerprint density at radius 1 is 1.50 bits per heavy atom. The summed E-state index contributed by atoms with van der Waals surface area (Å²) >= 11 is 0. The second-order valence-electron chi connectivity index (χ2n) is 3.42. The molecule has 0 aromatic carbocycles. The zero-order valence-electron chi connectivity index (χ0n) is 8.70. The van der Waals surface area contributed by atoms with Crippen LogP contribution in [0, 0.1) is 0 Å². The average Bonchev–Trinajstić information content (AvgIpc) is 2.06. The van der Waals surface area contributed by atoms with E-state index in [2.05, 4.69) is 26.9 Å². The Balaban J connectivity index is 2.99. The molecule has 0 aromatic rings. The fourth-order valence-electron chi connectivity index (χ4n) is 1.21. The number of aliphatic imine (C=N–C) groups is 1. The fourth-order valence-corrected chi connectivity index (χ4v) is 1.37. The molecule has 0 saturated heterocycles. The predicted molar refractivity (Wildman–Crippen MR) is 67.8 cm³/mol. The highest BCUT2D eigenvalue weighted by molar-refractivity contribution is 7.17. The topological polar surface area (TPSA) is 12.4 Å². The Morgan fingerprint density at radius 3 is 2.71 bits per heavy atom. The third-order valence-electron chi connectivity index (χ3n) is 1.68. The largest absolute Gasteiger partial charge is 0.278 e. The summed E-state index contributed by atoms with van der Waals surface area (Å²) in [4.78, 5) is 4.50. The van der Waals surface area contributed by atoms with Gasteiger partial charge < -0.3 is 0 Å². The molecule has 2 heteroatoms. The first-order chi connectivity index (χ1) is 6.59. The normalized spacial score (nSPS) is 23.1. The summed E-state index contributed by atoms with van der Waals surface area (Å²) in [7, 11) is 2.67. The van der Waals surface area contributed by atoms with Crippen LogP contribution in [0.4, 0.5) is 0 Å². The van der Waals surface area contributed by atoms with E-state index < -0.39 is 0 Å². The molecule has 0 spiro atoms. The van der Waals surface area contributed by atoms with Gasteiger partial charge in [0.15, 0.2) is 0 Å². The van der Waals surface area contributed by atoms with Crippen LogP contribution in [0.1, 0.15) is 13.8 Å². The summed E-state index contributed by atoms with van der Waals surface area (Å²) in [5.74, 6) is 0.245. The number of hydrogen-bond donors (Lipinski definition) is 0. The van der Waals surface area contributed by atoms with Crippen LogP contribution in [-0.4, -0.2) is 11.5 Å². The highest BCUT2D eigenvalue weighted by atomic mass is 31.0. The van der Waals surface area contributed by atoms with Crippen molar-refractivity contribution in [2.24, 2.45) is 4.99 Å². The third-order valence-corrected chi connectivity index (χ3v) is 1.83. The second kappa shape index (κ2) is 5.07. The first-order valence-electron chi connectivity index (χ1n) is 4.65. The van der Waals surface area contributed by atoms with Crippen LogP contribution in [-0.2, 0) is 0 Å². The van der Waals surface area contributed by atoms with Gasteiger partial charge in [-0.3, -0.25) is 4.99 Å². The van der Waals surface area contributed by atoms with E-state index in [0.717, 1.165) is 16.9 Å². The molecule has 14 heavy (non-hydrogen) atoms. The molecule has 0 heterocycles. The Hall–Kier alpha value is -0.940. The Morgan fingerprint density at radius 2 is 2.14 bits per heavy atom. The van der Waals surface area contributed by atoms with Crippen molar-refractivity contribution in [3.8, 4) is 0 Å². The van der Waals surface area contributed by atoms with Gasteiger partial charge >= 0.3 is 0 Å². The Bertz CT molecular complexity index is 343. The second-order valence-corrected chi connectivity index (χ2v) is 4.38. The highest BCUT2D eigenvalue weighted by Gasteiger charge is 2.04. The number of nitrogens with zero attached hydrogens (tertiary/aromatic N) is 1. The molecule has 2 atom stereocenters. The van der Waals surface area contributed by atoms with Crippen molar-refractivity contribution in [2.45, 2.75) is 19.6 Å². The summed E-state index contributed by atoms with van der Waals surface area (Å²) < 4.78 is 0. The monoisotopic (exact) mass is 205 g/mol. The van der Waals surface area contributed by atoms with Gasteiger partial charge in [0.05, 0.1) is 11.5 Å². The minimum atomic E-state index is 0.245. The first kappa shape index (κ1) is 11.1. The molecule has 1 rings (SSSR count). The molecule has 1 nitrogen and oxygen atoms in total. The standard InChI is InChI=1S/C12H16NP/c1-9(2)8-11-6-4-5-7-12(11)13-10(3)14/h4-8,10H,1,14H2,2-3H3/b11-8-,13-12?. The van der Waals surface area contributed by atoms with E-state index in [-0.39, 0.29) is 5.78 Å². The highest BCUT2D eigenvalue weighted by Crippen LogP contribution is 2.13. The van der Waals surface area contributed by atoms with Crippen molar-refractivity contribution in [1.29, 1.82) is 0 Å². The lowest BCUT2D eigenvalue weighted by atomic mass is 10.0. The smallest absolute Gasteiger partial charge is 0.0654 e. The minimum absolute atomic E-state index is 0.245. The molecule has 0 aliphatic heterocycles. The molecule has 0 radical (unpaired) electrons. The van der Waals surface area contributed by atoms with E-state index >= 15 is 0 Å². The van der Waals surface area contributed by atoms with Gasteiger partial charge in [-0.15, -0.1) is 9.24 Å². The van der Waals surface area contributed by atoms with Gasteiger partial charge in [0.25, 0.3) is 0 Å². The Labute approximate surface area is 88.2 Å². The van der Waals surface area contributed by atoms with Crippen LogP contribution < -0.4 is 0 Å². The first-order valence-corrected chi connectivity index (χ1v) is 5.32. The molecule has 0 N–H and O–H groups in total. The van der Waals surface area contributed by atoms with E-state index in [9.17, 15) is 0 Å². The molecule has 0 bridgehead atoms. The Kier molecular flexibility index (Phi) is 4.03. The van der Waals surface area contributed by atoms with Crippen LogP contribution in [0.5, 0.6) is 0 Å². The molecule has 0 aromatic heterocycles. The minimum Gasteiger partial charge on any atom is -0.278 e. The van der Waals surface area contributed by atoms with E-state index in [4.69, 9.17) is 0 Å². The van der Waals surface area contributed by atoms with Crippen LogP contribution >= 0.6 is 9.24 Å². The molecule has 0 amide bonds. The number of rotatable bonds is 2. The van der Waals surface area contributed by atoms with E-state index in [1.54, 1.807) is 0 Å². The average molecular weight is 205 g/mol. The van der Waals surface area contributed by atoms with Crippen LogP contribution in [0.15, 0.2) is 53.1 Å². The molecule has 74 valence electrons. The van der Waals surface area contributed by atoms with Crippen molar-refractivity contribution in [1.82, 2.24) is 0 Å². The van der Waals surface area contributed by atoms with Gasteiger partial charge in [0.1, 0.15) is 0 Å². The van der Waals surface area contributed by atoms with Crippen molar-refractivity contribution in [2.75, 3.05) is 0 Å². The molecule has 2 unspecified atom stereocenters. The van der Waals surface area contributed by atoms with Gasteiger partial charge in [-0.1, -0.05) is 36.5 Å². The summed E-state index contributed by atoms with van der Waals surface area (Å²) in [6, 6.07) is 0. The van der Waals surface area contributed by atoms with Gasteiger partial charge in [-0.25, -0.2) is 0 Å². The number of hydrogen-bond acceptors (Lipinski definition) is 1. The third kappa shape index (κ3) is 3.43. The van der Waals surface area contributed by atoms with Crippen LogP contribution in [0.3, 0.4) is 0 Å². The quantitative estimate of drug-likeness (QED) is 0.613. The van der Waals surface area contributed by atoms with Crippen LogP contribution in [0.25, 0.3) is 0 Å². The van der Waals surface area contributed by atoms with E-state index in [1.165, 1.54) is 0 Å². The molecule has 0 fully saturated rings. The van der Waals surface area contributed by atoms with Crippen molar-refractivity contribution in [3.05, 3.63) is 48.1 Å². The summed E-state index contributed by atoms with van der Waals surface area (Å²) in [6.07, 6.45) is 10.1. The van der Waals surface area contributed by atoms with Gasteiger partial charge in [0, 0.05) is 0 Å². The van der Waals surface area contributed by atoms with Gasteiger partial charge in [0.2, 0.25) is 0 Å². The lowest BCUT2D eigenvalue weighted by Gasteiger charge is -2.08. The van der Waals surface area contributed by atoms with Crippen molar-refractivity contribution < 1.29 is 0 Å². The van der Waals surface area contributed by atoms with Crippen molar-refractivity contribution >= 4 is 15.0 Å². The zero-order valence-corrected chi connectivity index (χ0v) is 9.85. The zero-order chi connectivity index (χ0) is 10.6. The maximum Gasteiger partial charge on any atom is 0.0654 e. The molecular weight excluding hydrogens is 189 g/mol. The van der Waals surface area contributed by atoms with Gasteiger partial charge in [-0.05, 0) is 25.5 Å². The predicted octanol–water partition coefficient (Wildman–Crippen LogP) is 3.28. The van der Waals surface area contributed by atoms with Crippen molar-refractivity contribution in [3.63, 3.8) is 0 Å². The lowest BCUT2D eigenvalue weighted by Crippen LogP contribution is -2.03.